The number of primary amides is 1. The van der Waals surface area contributed by atoms with Gasteiger partial charge in [0.05, 0.1) is 0 Å². The molecule has 0 aliphatic carbocycles. The molecule has 0 rings (SSSR count). The first-order valence-electron chi connectivity index (χ1n) is 4.03. The Morgan fingerprint density at radius 1 is 1.12 bits per heavy atom. The van der Waals surface area contributed by atoms with Crippen molar-refractivity contribution < 1.29 is 34.5 Å². The molecule has 0 aromatic heterocycles. The van der Waals surface area contributed by atoms with Gasteiger partial charge in [-0.3, -0.25) is 4.79 Å². The smallest absolute Gasteiger partial charge is 0.416 e. The van der Waals surface area contributed by atoms with E-state index < -0.39 is 42.9 Å². The molecule has 0 spiro atoms. The number of amides is 3. The monoisotopic (exact) mass is 234 g/mol. The third kappa shape index (κ3) is 3.82. The lowest BCUT2D eigenvalue weighted by molar-refractivity contribution is -0.142. The average molecular weight is 234 g/mol. The summed E-state index contributed by atoms with van der Waals surface area (Å²) < 4.78 is 0. The maximum Gasteiger partial charge on any atom is 0.416 e. The van der Waals surface area contributed by atoms with Crippen molar-refractivity contribution in [1.29, 1.82) is 0 Å². The summed E-state index contributed by atoms with van der Waals surface area (Å²) in [6.45, 7) is 0. The zero-order chi connectivity index (χ0) is 12.9. The molecule has 3 amide bonds. The van der Waals surface area contributed by atoms with Gasteiger partial charge in [0.15, 0.2) is 0 Å². The summed E-state index contributed by atoms with van der Waals surface area (Å²) in [7, 11) is 0. The van der Waals surface area contributed by atoms with E-state index in [4.69, 9.17) is 15.3 Å². The van der Waals surface area contributed by atoms with Crippen LogP contribution < -0.4 is 5.73 Å². The highest BCUT2D eigenvalue weighted by atomic mass is 16.4. The predicted octanol–water partition coefficient (Wildman–Crippen LogP) is -0.637. The van der Waals surface area contributed by atoms with E-state index in [0.717, 1.165) is 0 Å². The van der Waals surface area contributed by atoms with Gasteiger partial charge < -0.3 is 21.1 Å². The largest absolute Gasteiger partial charge is 0.481 e. The highest BCUT2D eigenvalue weighted by Gasteiger charge is 2.33. The molecule has 0 aliphatic heterocycles. The topological polar surface area (TPSA) is 158 Å². The van der Waals surface area contributed by atoms with Crippen molar-refractivity contribution in [3.05, 3.63) is 0 Å². The number of imide groups is 1. The van der Waals surface area contributed by atoms with Crippen LogP contribution >= 0.6 is 0 Å². The first-order chi connectivity index (χ1) is 7.27. The molecule has 9 nitrogen and oxygen atoms in total. The first kappa shape index (κ1) is 13.7. The Morgan fingerprint density at radius 3 is 1.88 bits per heavy atom. The molecule has 0 aromatic carbocycles. The molecule has 0 radical (unpaired) electrons. The molecule has 16 heavy (non-hydrogen) atoms. The number of carbonyl (C=O) groups excluding carboxylic acids is 1. The third-order valence-corrected chi connectivity index (χ3v) is 1.67. The van der Waals surface area contributed by atoms with E-state index in [2.05, 4.69) is 5.73 Å². The van der Waals surface area contributed by atoms with Gasteiger partial charge >= 0.3 is 24.1 Å². The standard InChI is InChI=1S/C7H10N2O7/c8-6(14)9(7(15)16)3(5(12)13)1-2-4(10)11/h3H,1-2H2,(H2,8,14)(H,10,11)(H,12,13)(H,15,16)/t3-/m0/s1. The van der Waals surface area contributed by atoms with Gasteiger partial charge in [0, 0.05) is 6.42 Å². The summed E-state index contributed by atoms with van der Waals surface area (Å²) in [5.74, 6) is -2.94. The number of urea groups is 1. The SMILES string of the molecule is NC(=O)N(C(=O)O)[C@@H](CCC(=O)O)C(=O)O. The van der Waals surface area contributed by atoms with E-state index in [1.54, 1.807) is 0 Å². The van der Waals surface area contributed by atoms with Gasteiger partial charge in [0.1, 0.15) is 6.04 Å². The van der Waals surface area contributed by atoms with Crippen molar-refractivity contribution in [3.63, 3.8) is 0 Å². The fraction of sp³-hybridized carbons (Fsp3) is 0.429. The Kier molecular flexibility index (Phi) is 4.73. The molecule has 0 unspecified atom stereocenters. The van der Waals surface area contributed by atoms with E-state index in [0.29, 0.717) is 0 Å². The van der Waals surface area contributed by atoms with E-state index in [9.17, 15) is 19.2 Å². The number of aliphatic carboxylic acids is 2. The number of hydrogen-bond acceptors (Lipinski definition) is 4. The Bertz CT molecular complexity index is 313. The normalized spacial score (nSPS) is 11.5. The molecule has 0 saturated heterocycles. The van der Waals surface area contributed by atoms with Crippen molar-refractivity contribution in [2.45, 2.75) is 18.9 Å². The molecule has 0 bridgehead atoms. The summed E-state index contributed by atoms with van der Waals surface area (Å²) in [6, 6.07) is -3.27. The number of nitrogens with zero attached hydrogens (tertiary/aromatic N) is 1. The Labute approximate surface area is 89.1 Å². The van der Waals surface area contributed by atoms with Gasteiger partial charge in [-0.15, -0.1) is 0 Å². The molecule has 0 saturated carbocycles. The second-order valence-electron chi connectivity index (χ2n) is 2.78. The van der Waals surface area contributed by atoms with Crippen molar-refractivity contribution in [3.8, 4) is 0 Å². The van der Waals surface area contributed by atoms with Crippen LogP contribution in [0.25, 0.3) is 0 Å². The van der Waals surface area contributed by atoms with Gasteiger partial charge in [0.2, 0.25) is 0 Å². The fourth-order valence-electron chi connectivity index (χ4n) is 1.00. The van der Waals surface area contributed by atoms with Crippen molar-refractivity contribution >= 4 is 24.1 Å². The first-order valence-corrected chi connectivity index (χ1v) is 4.03. The molecular weight excluding hydrogens is 224 g/mol. The average Bonchev–Trinajstić information content (AvgIpc) is 2.09. The minimum atomic E-state index is -1.84. The highest BCUT2D eigenvalue weighted by molar-refractivity contribution is 5.94. The van der Waals surface area contributed by atoms with Crippen LogP contribution in [0.15, 0.2) is 0 Å². The van der Waals surface area contributed by atoms with Gasteiger partial charge in [0.25, 0.3) is 0 Å². The summed E-state index contributed by atoms with van der Waals surface area (Å²) in [5.41, 5.74) is 4.68. The second kappa shape index (κ2) is 5.53. The Hall–Kier alpha value is -2.32. The zero-order valence-corrected chi connectivity index (χ0v) is 7.99. The highest BCUT2D eigenvalue weighted by Crippen LogP contribution is 2.08. The number of carboxylic acids is 2. The van der Waals surface area contributed by atoms with Gasteiger partial charge in [-0.1, -0.05) is 0 Å². The molecule has 0 heterocycles. The number of carboxylic acid groups (broad SMARTS) is 3. The van der Waals surface area contributed by atoms with Gasteiger partial charge in [-0.2, -0.15) is 0 Å². The van der Waals surface area contributed by atoms with Crippen molar-refractivity contribution in [2.24, 2.45) is 5.73 Å². The fourth-order valence-corrected chi connectivity index (χ4v) is 1.00. The van der Waals surface area contributed by atoms with Gasteiger partial charge in [-0.25, -0.2) is 19.3 Å². The van der Waals surface area contributed by atoms with Crippen LogP contribution in [0.4, 0.5) is 9.59 Å². The zero-order valence-electron chi connectivity index (χ0n) is 7.99. The second-order valence-corrected chi connectivity index (χ2v) is 2.78. The molecule has 1 atom stereocenters. The minimum Gasteiger partial charge on any atom is -0.481 e. The molecule has 0 fully saturated rings. The molecule has 5 N–H and O–H groups in total. The van der Waals surface area contributed by atoms with Crippen LogP contribution in [0.1, 0.15) is 12.8 Å². The van der Waals surface area contributed by atoms with Gasteiger partial charge in [-0.05, 0) is 6.42 Å². The Balaban J connectivity index is 4.86. The van der Waals surface area contributed by atoms with E-state index in [1.165, 1.54) is 0 Å². The Morgan fingerprint density at radius 2 is 1.62 bits per heavy atom. The maximum atomic E-state index is 10.7. The third-order valence-electron chi connectivity index (χ3n) is 1.67. The lowest BCUT2D eigenvalue weighted by Crippen LogP contribution is -2.50. The van der Waals surface area contributed by atoms with E-state index in [-0.39, 0.29) is 4.90 Å². The maximum absolute atomic E-state index is 10.7. The summed E-state index contributed by atoms with van der Waals surface area (Å²) in [4.78, 5) is 42.0. The van der Waals surface area contributed by atoms with Crippen LogP contribution in [0, 0.1) is 0 Å². The van der Waals surface area contributed by atoms with Crippen LogP contribution in [-0.4, -0.2) is 50.3 Å². The minimum absolute atomic E-state index is 0.120. The lowest BCUT2D eigenvalue weighted by atomic mass is 10.1. The van der Waals surface area contributed by atoms with Crippen molar-refractivity contribution in [2.75, 3.05) is 0 Å². The number of hydrogen-bond donors (Lipinski definition) is 4. The quantitative estimate of drug-likeness (QED) is 0.492. The lowest BCUT2D eigenvalue weighted by Gasteiger charge is -2.21. The number of carbonyl (C=O) groups is 4. The molecule has 0 aromatic rings. The molecule has 9 heteroatoms. The van der Waals surface area contributed by atoms with E-state index >= 15 is 0 Å². The summed E-state index contributed by atoms with van der Waals surface area (Å²) >= 11 is 0. The number of rotatable bonds is 5. The van der Waals surface area contributed by atoms with Crippen LogP contribution in [-0.2, 0) is 9.59 Å². The number of nitrogens with two attached hydrogens (primary N) is 1. The summed E-state index contributed by atoms with van der Waals surface area (Å²) in [6.07, 6.45) is -2.97. The van der Waals surface area contributed by atoms with Crippen LogP contribution in [0.3, 0.4) is 0 Å². The molecule has 0 aliphatic rings. The van der Waals surface area contributed by atoms with Crippen molar-refractivity contribution in [1.82, 2.24) is 4.90 Å². The van der Waals surface area contributed by atoms with Crippen LogP contribution in [0.5, 0.6) is 0 Å². The molecule has 90 valence electrons. The predicted molar refractivity (Wildman–Crippen MR) is 47.7 cm³/mol. The van der Waals surface area contributed by atoms with Crippen LogP contribution in [0.2, 0.25) is 0 Å². The molecular formula is C7H10N2O7. The summed E-state index contributed by atoms with van der Waals surface area (Å²) in [5, 5.41) is 25.5. The van der Waals surface area contributed by atoms with E-state index in [1.807, 2.05) is 0 Å².